The summed E-state index contributed by atoms with van der Waals surface area (Å²) in [5.74, 6) is 0.467. The van der Waals surface area contributed by atoms with Gasteiger partial charge in [-0.05, 0) is 95.5 Å². The molecule has 4 bridgehead atoms. The average molecular weight is 1060 g/mol. The summed E-state index contributed by atoms with van der Waals surface area (Å²) in [4.78, 5) is 11.4. The topological polar surface area (TPSA) is 34.6 Å². The number of hydrogen-bond acceptors (Lipinski definition) is 2. The van der Waals surface area contributed by atoms with Crippen molar-refractivity contribution in [3.05, 3.63) is 213 Å². The summed E-state index contributed by atoms with van der Waals surface area (Å²) in [5.41, 5.74) is 27.4. The molecule has 0 N–H and O–H groups in total. The fourth-order valence-electron chi connectivity index (χ4n) is 19.6. The Hall–Kier alpha value is -7.13. The van der Waals surface area contributed by atoms with Crippen molar-refractivity contribution in [2.75, 3.05) is 0 Å². The molecule has 0 amide bonds. The molecule has 6 heteroatoms. The Morgan fingerprint density at radius 2 is 0.709 bits per heavy atom. The fraction of sp³-hybridized carbons (Fsp3) is 0.288. The van der Waals surface area contributed by atoms with Gasteiger partial charge in [0.1, 0.15) is 0 Å². The number of nitrogens with zero attached hydrogens (tertiary/aromatic N) is 4. The summed E-state index contributed by atoms with van der Waals surface area (Å²) in [7, 11) is -4.27. The van der Waals surface area contributed by atoms with Crippen LogP contribution in [-0.4, -0.2) is 34.9 Å². The van der Waals surface area contributed by atoms with Gasteiger partial charge in [0, 0.05) is 54.9 Å². The lowest BCUT2D eigenvalue weighted by atomic mass is 9.62. The molecule has 388 valence electrons. The van der Waals surface area contributed by atoms with Gasteiger partial charge in [0.25, 0.3) is 0 Å². The second kappa shape index (κ2) is 15.6. The van der Waals surface area contributed by atoms with E-state index < -0.39 is 16.1 Å². The number of hydrogen-bond donors (Lipinski definition) is 0. The largest absolute Gasteiger partial charge is 0.306 e. The smallest absolute Gasteiger partial charge is 0.0943 e. The number of pyridine rings is 2. The molecule has 79 heavy (non-hydrogen) atoms. The van der Waals surface area contributed by atoms with E-state index in [2.05, 4.69) is 231 Å². The van der Waals surface area contributed by atoms with Gasteiger partial charge in [-0.1, -0.05) is 214 Å². The first-order valence-electron chi connectivity index (χ1n) is 29.9. The van der Waals surface area contributed by atoms with Crippen LogP contribution in [0.1, 0.15) is 167 Å². The van der Waals surface area contributed by atoms with Crippen molar-refractivity contribution >= 4 is 103 Å². The van der Waals surface area contributed by atoms with Crippen molar-refractivity contribution in [3.63, 3.8) is 0 Å². The third kappa shape index (κ3) is 5.30. The molecule has 6 aliphatic carbocycles. The number of benzene rings is 7. The van der Waals surface area contributed by atoms with Crippen LogP contribution < -0.4 is 10.4 Å². The molecular weight excluding hydrogens is 989 g/mol. The van der Waals surface area contributed by atoms with Crippen molar-refractivity contribution in [1.29, 1.82) is 0 Å². The minimum absolute atomic E-state index is 0.112. The van der Waals surface area contributed by atoms with E-state index in [1.807, 2.05) is 0 Å². The number of fused-ring (bicyclic) bond motifs is 12. The average Bonchev–Trinajstić information content (AvgIpc) is 2.99. The fourth-order valence-corrected chi connectivity index (χ4v) is 31.9. The third-order valence-corrected chi connectivity index (χ3v) is 35.9. The van der Waals surface area contributed by atoms with Gasteiger partial charge < -0.3 is 8.80 Å². The SMILES string of the molecule is CC[Si](c1cc2c3cc4c(cc3n3c5cnc6c(c5c(c1)c23)C1c2ccccc2C6c2ccccc21)c1cc([Si](C(C)C)(C(C)C)C(C)C)cc2c3c5c(ncc3n4c12)C1c2ccccc2C5c2ccccc21)(C(C)C)C(C)C. The summed E-state index contributed by atoms with van der Waals surface area (Å²) >= 11 is 0. The lowest BCUT2D eigenvalue weighted by molar-refractivity contribution is 0.735. The molecule has 0 aliphatic heterocycles. The zero-order chi connectivity index (χ0) is 53.6. The van der Waals surface area contributed by atoms with Crippen LogP contribution in [0, 0.1) is 0 Å². The molecule has 0 saturated carbocycles. The van der Waals surface area contributed by atoms with Gasteiger partial charge in [-0.3, -0.25) is 9.97 Å². The highest BCUT2D eigenvalue weighted by atomic mass is 28.3. The van der Waals surface area contributed by atoms with Gasteiger partial charge in [0.2, 0.25) is 0 Å². The van der Waals surface area contributed by atoms with Crippen molar-refractivity contribution < 1.29 is 0 Å². The van der Waals surface area contributed by atoms with Crippen LogP contribution in [0.5, 0.6) is 0 Å². The second-order valence-corrected chi connectivity index (χ2v) is 38.0. The molecule has 0 fully saturated rings. The van der Waals surface area contributed by atoms with Crippen LogP contribution in [0.25, 0.3) is 76.2 Å². The molecule has 6 heterocycles. The summed E-state index contributed by atoms with van der Waals surface area (Å²) in [6.45, 7) is 27.8. The molecule has 0 radical (unpaired) electrons. The Labute approximate surface area is 465 Å². The molecule has 0 atom stereocenters. The minimum Gasteiger partial charge on any atom is -0.306 e. The van der Waals surface area contributed by atoms with E-state index in [9.17, 15) is 0 Å². The van der Waals surface area contributed by atoms with E-state index in [0.717, 1.165) is 0 Å². The van der Waals surface area contributed by atoms with Crippen LogP contribution in [0.3, 0.4) is 0 Å². The van der Waals surface area contributed by atoms with Crippen LogP contribution in [0.2, 0.25) is 33.7 Å². The standard InChI is InChI=1S/C73H68N4Si2/c1-12-78(37(2)3,38(4)5)42-29-54-52-33-59-53(34-58(52)76-60-35-74-70-64-48-25-17-13-21-44(48)62(45-22-14-18-26-49(45)64)68(70)66(60)56(30-42)72(54)76)55-31-43(79(39(6)7,40(8)9)41(10)11)32-57-67-61(77(59)73(55)57)36-75-71-65-50-27-19-15-23-46(50)63(69(67)71)47-24-16-20-28-51(47)65/h13-41,62-65H,12H2,1-11H3. The maximum atomic E-state index is 5.69. The Kier molecular flexibility index (Phi) is 9.24. The molecule has 13 aromatic rings. The number of aromatic nitrogens is 4. The van der Waals surface area contributed by atoms with Crippen LogP contribution in [-0.2, 0) is 0 Å². The molecule has 19 rings (SSSR count). The lowest BCUT2D eigenvalue weighted by Gasteiger charge is -2.44. The van der Waals surface area contributed by atoms with Crippen molar-refractivity contribution in [3.8, 4) is 0 Å². The zero-order valence-corrected chi connectivity index (χ0v) is 49.5. The van der Waals surface area contributed by atoms with Gasteiger partial charge in [0.05, 0.1) is 84.9 Å². The van der Waals surface area contributed by atoms with E-state index >= 15 is 0 Å². The van der Waals surface area contributed by atoms with Crippen molar-refractivity contribution in [2.45, 2.75) is 134 Å². The molecule has 0 unspecified atom stereocenters. The highest BCUT2D eigenvalue weighted by Gasteiger charge is 2.49. The Morgan fingerprint density at radius 1 is 0.380 bits per heavy atom. The predicted octanol–water partition coefficient (Wildman–Crippen LogP) is 18.1. The highest BCUT2D eigenvalue weighted by Crippen LogP contribution is 2.61. The van der Waals surface area contributed by atoms with Gasteiger partial charge in [0.15, 0.2) is 0 Å². The van der Waals surface area contributed by atoms with E-state index in [0.29, 0.717) is 27.7 Å². The van der Waals surface area contributed by atoms with Gasteiger partial charge >= 0.3 is 0 Å². The molecule has 4 nitrogen and oxygen atoms in total. The van der Waals surface area contributed by atoms with Gasteiger partial charge in [-0.25, -0.2) is 0 Å². The molecule has 7 aromatic carbocycles. The zero-order valence-electron chi connectivity index (χ0n) is 47.5. The lowest BCUT2D eigenvalue weighted by Crippen LogP contribution is -2.55. The van der Waals surface area contributed by atoms with Crippen molar-refractivity contribution in [2.24, 2.45) is 0 Å². The molecular formula is C73H68N4Si2. The first-order valence-corrected chi connectivity index (χ1v) is 34.5. The second-order valence-electron chi connectivity index (χ2n) is 26.4. The molecule has 6 aromatic heterocycles. The predicted molar refractivity (Wildman–Crippen MR) is 338 cm³/mol. The monoisotopic (exact) mass is 1060 g/mol. The Morgan fingerprint density at radius 3 is 1.05 bits per heavy atom. The van der Waals surface area contributed by atoms with Crippen LogP contribution in [0.15, 0.2) is 146 Å². The van der Waals surface area contributed by atoms with Crippen LogP contribution >= 0.6 is 0 Å². The summed E-state index contributed by atoms with van der Waals surface area (Å²) in [6.07, 6.45) is 4.56. The van der Waals surface area contributed by atoms with E-state index in [1.165, 1.54) is 149 Å². The maximum absolute atomic E-state index is 5.69. The maximum Gasteiger partial charge on any atom is 0.0943 e. The third-order valence-electron chi connectivity index (χ3n) is 22.3. The summed E-state index contributed by atoms with van der Waals surface area (Å²) < 4.78 is 5.36. The summed E-state index contributed by atoms with van der Waals surface area (Å²) in [5, 5.41) is 14.3. The molecule has 6 aliphatic rings. The van der Waals surface area contributed by atoms with E-state index in [4.69, 9.17) is 9.97 Å². The van der Waals surface area contributed by atoms with E-state index in [1.54, 1.807) is 10.4 Å². The highest BCUT2D eigenvalue weighted by molar-refractivity contribution is 6.95. The van der Waals surface area contributed by atoms with Gasteiger partial charge in [-0.15, -0.1) is 0 Å². The normalized spacial score (nSPS) is 18.4. The first kappa shape index (κ1) is 46.8. The first-order chi connectivity index (χ1) is 38.3. The number of rotatable bonds is 8. The molecule has 0 saturated heterocycles. The van der Waals surface area contributed by atoms with Gasteiger partial charge in [-0.2, -0.15) is 0 Å². The minimum atomic E-state index is -2.18. The van der Waals surface area contributed by atoms with Crippen molar-refractivity contribution in [1.82, 2.24) is 18.8 Å². The summed E-state index contributed by atoms with van der Waals surface area (Å²) in [6, 6.07) is 54.5. The Balaban J connectivity index is 1.04. The van der Waals surface area contributed by atoms with E-state index in [-0.39, 0.29) is 23.7 Å². The van der Waals surface area contributed by atoms with Crippen LogP contribution in [0.4, 0.5) is 0 Å². The quantitative estimate of drug-likeness (QED) is 0.142. The Bertz CT molecular complexity index is 4690. The molecule has 0 spiro atoms.